The molecule has 0 aliphatic carbocycles. The van der Waals surface area contributed by atoms with E-state index in [0.29, 0.717) is 16.8 Å². The van der Waals surface area contributed by atoms with Crippen molar-refractivity contribution in [2.75, 3.05) is 11.9 Å². The fourth-order valence-corrected chi connectivity index (χ4v) is 3.78. The molecular weight excluding hydrogens is 388 g/mol. The van der Waals surface area contributed by atoms with Gasteiger partial charge in [-0.1, -0.05) is 30.3 Å². The topological polar surface area (TPSA) is 102 Å². The van der Waals surface area contributed by atoms with Crippen molar-refractivity contribution in [2.45, 2.75) is 32.0 Å². The molecule has 2 amide bonds. The van der Waals surface area contributed by atoms with E-state index in [4.69, 9.17) is 9.47 Å². The van der Waals surface area contributed by atoms with E-state index in [9.17, 15) is 19.2 Å². The summed E-state index contributed by atoms with van der Waals surface area (Å²) >= 11 is 0. The van der Waals surface area contributed by atoms with Gasteiger partial charge in [0, 0.05) is 12.0 Å². The number of benzene rings is 2. The van der Waals surface area contributed by atoms with Crippen molar-refractivity contribution in [1.29, 1.82) is 0 Å². The quantitative estimate of drug-likeness (QED) is 0.763. The van der Waals surface area contributed by atoms with Gasteiger partial charge in [-0.2, -0.15) is 0 Å². The van der Waals surface area contributed by atoms with E-state index in [1.54, 1.807) is 55.5 Å². The average molecular weight is 408 g/mol. The van der Waals surface area contributed by atoms with E-state index in [2.05, 4.69) is 5.32 Å². The van der Waals surface area contributed by atoms with Crippen LogP contribution >= 0.6 is 0 Å². The first-order valence-corrected chi connectivity index (χ1v) is 9.69. The molecule has 0 saturated carbocycles. The van der Waals surface area contributed by atoms with Crippen LogP contribution < -0.4 is 5.32 Å². The van der Waals surface area contributed by atoms with Gasteiger partial charge in [-0.15, -0.1) is 0 Å². The number of nitrogens with one attached hydrogen (secondary N) is 1. The highest BCUT2D eigenvalue weighted by Crippen LogP contribution is 2.38. The Morgan fingerprint density at radius 1 is 1.13 bits per heavy atom. The van der Waals surface area contributed by atoms with Crippen LogP contribution in [0.4, 0.5) is 5.69 Å². The molecule has 8 nitrogen and oxygen atoms in total. The monoisotopic (exact) mass is 408 g/mol. The first-order chi connectivity index (χ1) is 14.5. The summed E-state index contributed by atoms with van der Waals surface area (Å²) in [7, 11) is 0. The van der Waals surface area contributed by atoms with Crippen molar-refractivity contribution in [3.63, 3.8) is 0 Å². The molecule has 154 valence electrons. The van der Waals surface area contributed by atoms with E-state index in [0.717, 1.165) is 0 Å². The number of ether oxygens (including phenoxy) is 2. The second-order valence-corrected chi connectivity index (χ2v) is 6.96. The minimum Gasteiger partial charge on any atom is -0.462 e. The summed E-state index contributed by atoms with van der Waals surface area (Å²) in [6.07, 6.45) is -0.504. The highest BCUT2D eigenvalue weighted by Gasteiger charge is 2.46. The summed E-state index contributed by atoms with van der Waals surface area (Å²) < 4.78 is 10.5. The Labute approximate surface area is 172 Å². The lowest BCUT2D eigenvalue weighted by atomic mass is 10.1. The maximum absolute atomic E-state index is 13.1. The van der Waals surface area contributed by atoms with Gasteiger partial charge >= 0.3 is 11.9 Å². The zero-order valence-electron chi connectivity index (χ0n) is 16.3. The standard InChI is InChI=1S/C22H20N2O6/c1-2-29-21(27)15-9-5-6-10-16(15)23-19(26)17-11-12-18(25)24(17)20-13-7-3-4-8-14(13)22(28)30-20/h3-10,17,20H,2,11-12H2,1H3,(H,23,26)/t17-,20-/m1/s1. The largest absolute Gasteiger partial charge is 0.462 e. The van der Waals surface area contributed by atoms with Crippen LogP contribution in [0.1, 0.15) is 52.3 Å². The molecule has 2 aromatic rings. The molecule has 2 aromatic carbocycles. The van der Waals surface area contributed by atoms with Crippen LogP contribution in [-0.2, 0) is 19.1 Å². The van der Waals surface area contributed by atoms with E-state index in [1.807, 2.05) is 0 Å². The summed E-state index contributed by atoms with van der Waals surface area (Å²) in [5.41, 5.74) is 1.46. The third-order valence-corrected chi connectivity index (χ3v) is 5.16. The number of cyclic esters (lactones) is 1. The molecule has 8 heteroatoms. The summed E-state index contributed by atoms with van der Waals surface area (Å²) in [6, 6.07) is 12.5. The highest BCUT2D eigenvalue weighted by molar-refractivity contribution is 6.04. The molecule has 0 spiro atoms. The molecule has 0 unspecified atom stereocenters. The van der Waals surface area contributed by atoms with Gasteiger partial charge in [0.05, 0.1) is 23.4 Å². The van der Waals surface area contributed by atoms with Crippen molar-refractivity contribution in [3.05, 3.63) is 65.2 Å². The van der Waals surface area contributed by atoms with Crippen LogP contribution in [0.3, 0.4) is 0 Å². The van der Waals surface area contributed by atoms with Crippen molar-refractivity contribution in [1.82, 2.24) is 4.90 Å². The Balaban J connectivity index is 1.59. The first-order valence-electron chi connectivity index (χ1n) is 9.69. The van der Waals surface area contributed by atoms with Gasteiger partial charge in [0.25, 0.3) is 0 Å². The molecule has 1 N–H and O–H groups in total. The minimum absolute atomic E-state index is 0.161. The van der Waals surface area contributed by atoms with Gasteiger partial charge in [-0.05, 0) is 31.5 Å². The maximum Gasteiger partial charge on any atom is 0.340 e. The van der Waals surface area contributed by atoms with Crippen LogP contribution in [0, 0.1) is 0 Å². The summed E-state index contributed by atoms with van der Waals surface area (Å²) in [4.78, 5) is 51.3. The molecule has 30 heavy (non-hydrogen) atoms. The highest BCUT2D eigenvalue weighted by atomic mass is 16.6. The second kappa shape index (κ2) is 7.98. The lowest BCUT2D eigenvalue weighted by molar-refractivity contribution is -0.144. The smallest absolute Gasteiger partial charge is 0.340 e. The number of anilines is 1. The Morgan fingerprint density at radius 2 is 1.87 bits per heavy atom. The molecule has 0 radical (unpaired) electrons. The van der Waals surface area contributed by atoms with Gasteiger partial charge in [-0.3, -0.25) is 14.5 Å². The van der Waals surface area contributed by atoms with Crippen molar-refractivity contribution < 1.29 is 28.7 Å². The Hall–Kier alpha value is -3.68. The lowest BCUT2D eigenvalue weighted by Crippen LogP contribution is -2.44. The number of likely N-dealkylation sites (tertiary alicyclic amines) is 1. The van der Waals surface area contributed by atoms with Crippen LogP contribution in [0.5, 0.6) is 0 Å². The van der Waals surface area contributed by atoms with Crippen LogP contribution in [0.25, 0.3) is 0 Å². The van der Waals surface area contributed by atoms with Gasteiger partial charge < -0.3 is 14.8 Å². The molecular formula is C22H20N2O6. The number of amides is 2. The van der Waals surface area contributed by atoms with Gasteiger partial charge in [0.15, 0.2) is 0 Å². The van der Waals surface area contributed by atoms with Crippen LogP contribution in [-0.4, -0.2) is 41.3 Å². The zero-order chi connectivity index (χ0) is 21.3. The van der Waals surface area contributed by atoms with Crippen LogP contribution in [0.2, 0.25) is 0 Å². The molecule has 2 aliphatic rings. The Bertz CT molecular complexity index is 1030. The number of hydrogen-bond donors (Lipinski definition) is 1. The number of esters is 2. The molecule has 2 atom stereocenters. The fourth-order valence-electron chi connectivity index (χ4n) is 3.78. The predicted molar refractivity (Wildman–Crippen MR) is 105 cm³/mol. The van der Waals surface area contributed by atoms with Crippen LogP contribution in [0.15, 0.2) is 48.5 Å². The van der Waals surface area contributed by atoms with Crippen molar-refractivity contribution in [2.24, 2.45) is 0 Å². The number of nitrogens with zero attached hydrogens (tertiary/aromatic N) is 1. The Morgan fingerprint density at radius 3 is 2.67 bits per heavy atom. The summed E-state index contributed by atoms with van der Waals surface area (Å²) in [5, 5.41) is 2.73. The lowest BCUT2D eigenvalue weighted by Gasteiger charge is -2.29. The normalized spacial score (nSPS) is 20.0. The molecule has 2 heterocycles. The Kier molecular flexibility index (Phi) is 5.22. The molecule has 1 fully saturated rings. The van der Waals surface area contributed by atoms with E-state index in [-0.39, 0.29) is 30.9 Å². The molecule has 1 saturated heterocycles. The third kappa shape index (κ3) is 3.41. The summed E-state index contributed by atoms with van der Waals surface area (Å²) in [6.45, 7) is 1.90. The number of rotatable bonds is 5. The summed E-state index contributed by atoms with van der Waals surface area (Å²) in [5.74, 6) is -1.81. The fraction of sp³-hybridized carbons (Fsp3) is 0.273. The minimum atomic E-state index is -0.945. The van der Waals surface area contributed by atoms with Crippen molar-refractivity contribution >= 4 is 29.4 Å². The number of carbonyl (C=O) groups excluding carboxylic acids is 4. The number of fused-ring (bicyclic) bond motifs is 1. The number of para-hydroxylation sites is 1. The predicted octanol–water partition coefficient (Wildman–Crippen LogP) is 2.66. The van der Waals surface area contributed by atoms with E-state index in [1.165, 1.54) is 4.90 Å². The van der Waals surface area contributed by atoms with Gasteiger partial charge in [0.1, 0.15) is 6.04 Å². The molecule has 0 bridgehead atoms. The van der Waals surface area contributed by atoms with E-state index < -0.39 is 30.1 Å². The molecule has 4 rings (SSSR count). The maximum atomic E-state index is 13.1. The van der Waals surface area contributed by atoms with Crippen molar-refractivity contribution in [3.8, 4) is 0 Å². The third-order valence-electron chi connectivity index (χ3n) is 5.16. The second-order valence-electron chi connectivity index (χ2n) is 6.96. The van der Waals surface area contributed by atoms with Gasteiger partial charge in [-0.25, -0.2) is 9.59 Å². The zero-order valence-corrected chi connectivity index (χ0v) is 16.3. The first kappa shape index (κ1) is 19.6. The molecule has 0 aromatic heterocycles. The molecule has 2 aliphatic heterocycles. The number of hydrogen-bond acceptors (Lipinski definition) is 6. The van der Waals surface area contributed by atoms with E-state index >= 15 is 0 Å². The SMILES string of the molecule is CCOC(=O)c1ccccc1NC(=O)[C@H]1CCC(=O)N1[C@@H]1OC(=O)c2ccccc21. The van der Waals surface area contributed by atoms with Gasteiger partial charge in [0.2, 0.25) is 18.0 Å². The average Bonchev–Trinajstić information content (AvgIpc) is 3.28. The number of carbonyl (C=O) groups is 4.